The maximum atomic E-state index is 13.9. The third-order valence-corrected chi connectivity index (χ3v) is 5.26. The summed E-state index contributed by atoms with van der Waals surface area (Å²) in [6, 6.07) is 2.28. The second-order valence-electron chi connectivity index (χ2n) is 4.31. The normalized spacial score (nSPS) is 13.6. The second kappa shape index (κ2) is 5.85. The molecule has 7 heteroatoms. The van der Waals surface area contributed by atoms with Crippen LogP contribution in [0.25, 0.3) is 0 Å². The average Bonchev–Trinajstić information content (AvgIpc) is 2.39. The molecular weight excluding hydrogens is 271 g/mol. The van der Waals surface area contributed by atoms with Crippen molar-refractivity contribution in [3.05, 3.63) is 23.5 Å². The van der Waals surface area contributed by atoms with Gasteiger partial charge in [-0.05, 0) is 26.0 Å². The van der Waals surface area contributed by atoms with Crippen LogP contribution in [0.2, 0.25) is 0 Å². The fourth-order valence-electron chi connectivity index (χ4n) is 1.62. The summed E-state index contributed by atoms with van der Waals surface area (Å²) in [5, 5.41) is 0. The van der Waals surface area contributed by atoms with Gasteiger partial charge < -0.3 is 10.5 Å². The van der Waals surface area contributed by atoms with Crippen molar-refractivity contribution in [3.63, 3.8) is 0 Å². The molecular formula is C12H19FN2O3S. The number of benzene rings is 1. The lowest BCUT2D eigenvalue weighted by Gasteiger charge is -2.24. The van der Waals surface area contributed by atoms with Gasteiger partial charge in [-0.15, -0.1) is 0 Å². The highest BCUT2D eigenvalue weighted by molar-refractivity contribution is 7.89. The summed E-state index contributed by atoms with van der Waals surface area (Å²) >= 11 is 0. The Morgan fingerprint density at radius 3 is 2.53 bits per heavy atom. The first kappa shape index (κ1) is 15.9. The molecule has 0 spiro atoms. The number of ether oxygens (including phenoxy) is 1. The molecule has 1 atom stereocenters. The van der Waals surface area contributed by atoms with Crippen LogP contribution in [-0.4, -0.2) is 39.5 Å². The van der Waals surface area contributed by atoms with Crippen molar-refractivity contribution < 1.29 is 17.5 Å². The lowest BCUT2D eigenvalue weighted by molar-refractivity contribution is 0.381. The van der Waals surface area contributed by atoms with E-state index in [-0.39, 0.29) is 28.8 Å². The van der Waals surface area contributed by atoms with E-state index in [2.05, 4.69) is 0 Å². The first-order valence-electron chi connectivity index (χ1n) is 5.78. The molecule has 0 aromatic heterocycles. The van der Waals surface area contributed by atoms with Crippen molar-refractivity contribution in [1.29, 1.82) is 0 Å². The van der Waals surface area contributed by atoms with Crippen LogP contribution in [0.4, 0.5) is 4.39 Å². The van der Waals surface area contributed by atoms with E-state index < -0.39 is 15.8 Å². The standard InChI is InChI=1S/C12H19FN2O3S/c1-8(7-14)15(3)19(16,17)11-6-5-10(18-4)12(13)9(11)2/h5-6,8H,7,14H2,1-4H3. The molecule has 108 valence electrons. The minimum Gasteiger partial charge on any atom is -0.494 e. The van der Waals surface area contributed by atoms with Gasteiger partial charge in [0.25, 0.3) is 0 Å². The molecule has 0 saturated heterocycles. The van der Waals surface area contributed by atoms with Crippen LogP contribution in [0, 0.1) is 12.7 Å². The van der Waals surface area contributed by atoms with Crippen LogP contribution in [-0.2, 0) is 10.0 Å². The van der Waals surface area contributed by atoms with Crippen LogP contribution < -0.4 is 10.5 Å². The van der Waals surface area contributed by atoms with E-state index in [1.54, 1.807) is 6.92 Å². The lowest BCUT2D eigenvalue weighted by Crippen LogP contribution is -2.39. The number of methoxy groups -OCH3 is 1. The first-order valence-corrected chi connectivity index (χ1v) is 7.22. The molecule has 1 unspecified atom stereocenters. The Morgan fingerprint density at radius 1 is 1.47 bits per heavy atom. The first-order chi connectivity index (χ1) is 8.77. The van der Waals surface area contributed by atoms with Gasteiger partial charge in [0.05, 0.1) is 12.0 Å². The van der Waals surface area contributed by atoms with Crippen molar-refractivity contribution >= 4 is 10.0 Å². The van der Waals surface area contributed by atoms with Crippen LogP contribution >= 0.6 is 0 Å². The summed E-state index contributed by atoms with van der Waals surface area (Å²) < 4.78 is 44.6. The lowest BCUT2D eigenvalue weighted by atomic mass is 10.2. The second-order valence-corrected chi connectivity index (χ2v) is 6.28. The molecule has 0 aliphatic heterocycles. The zero-order chi connectivity index (χ0) is 14.8. The smallest absolute Gasteiger partial charge is 0.243 e. The van der Waals surface area contributed by atoms with Gasteiger partial charge in [0, 0.05) is 25.2 Å². The summed E-state index contributed by atoms with van der Waals surface area (Å²) in [5.74, 6) is -0.650. The molecule has 2 N–H and O–H groups in total. The van der Waals surface area contributed by atoms with Crippen molar-refractivity contribution in [1.82, 2.24) is 4.31 Å². The van der Waals surface area contributed by atoms with Gasteiger partial charge in [0.1, 0.15) is 0 Å². The number of sulfonamides is 1. The molecule has 0 radical (unpaired) electrons. The molecule has 1 aromatic rings. The van der Waals surface area contributed by atoms with E-state index in [1.807, 2.05) is 0 Å². The Morgan fingerprint density at radius 2 is 2.05 bits per heavy atom. The number of hydrogen-bond donors (Lipinski definition) is 1. The zero-order valence-electron chi connectivity index (χ0n) is 11.5. The topological polar surface area (TPSA) is 72.6 Å². The number of halogens is 1. The van der Waals surface area contributed by atoms with Crippen molar-refractivity contribution in [2.75, 3.05) is 20.7 Å². The summed E-state index contributed by atoms with van der Waals surface area (Å²) in [4.78, 5) is -0.0754. The minimum absolute atomic E-state index is 0.0194. The third-order valence-electron chi connectivity index (χ3n) is 3.14. The Labute approximate surface area is 113 Å². The largest absolute Gasteiger partial charge is 0.494 e. The van der Waals surface area contributed by atoms with Crippen LogP contribution in [0.1, 0.15) is 12.5 Å². The molecule has 5 nitrogen and oxygen atoms in total. The summed E-state index contributed by atoms with van der Waals surface area (Å²) in [6.07, 6.45) is 0. The molecule has 0 saturated carbocycles. The van der Waals surface area contributed by atoms with Gasteiger partial charge in [-0.25, -0.2) is 12.8 Å². The predicted molar refractivity (Wildman–Crippen MR) is 71.2 cm³/mol. The molecule has 1 rings (SSSR count). The Hall–Kier alpha value is -1.18. The molecule has 0 bridgehead atoms. The highest BCUT2D eigenvalue weighted by Gasteiger charge is 2.28. The maximum absolute atomic E-state index is 13.9. The predicted octanol–water partition coefficient (Wildman–Crippen LogP) is 1.11. The van der Waals surface area contributed by atoms with Crippen LogP contribution in [0.5, 0.6) is 5.75 Å². The monoisotopic (exact) mass is 290 g/mol. The Balaban J connectivity index is 3.34. The van der Waals surface area contributed by atoms with E-state index in [1.165, 1.54) is 33.2 Å². The highest BCUT2D eigenvalue weighted by Crippen LogP contribution is 2.28. The fraction of sp³-hybridized carbons (Fsp3) is 0.500. The number of hydrogen-bond acceptors (Lipinski definition) is 4. The Kier molecular flexibility index (Phi) is 4.89. The van der Waals surface area contributed by atoms with Gasteiger partial charge in [0.15, 0.2) is 11.6 Å². The molecule has 0 heterocycles. The van der Waals surface area contributed by atoms with Gasteiger partial charge in [0.2, 0.25) is 10.0 Å². The van der Waals surface area contributed by atoms with Crippen molar-refractivity contribution in [2.45, 2.75) is 24.8 Å². The van der Waals surface area contributed by atoms with Gasteiger partial charge in [-0.1, -0.05) is 0 Å². The van der Waals surface area contributed by atoms with E-state index in [0.717, 1.165) is 4.31 Å². The molecule has 19 heavy (non-hydrogen) atoms. The van der Waals surface area contributed by atoms with E-state index in [4.69, 9.17) is 10.5 Å². The summed E-state index contributed by atoms with van der Waals surface area (Å²) in [6.45, 7) is 3.28. The Bertz CT molecular complexity index is 560. The van der Waals surface area contributed by atoms with Gasteiger partial charge in [-0.3, -0.25) is 0 Å². The number of nitrogens with zero attached hydrogens (tertiary/aromatic N) is 1. The quantitative estimate of drug-likeness (QED) is 0.881. The number of nitrogens with two attached hydrogens (primary N) is 1. The molecule has 0 fully saturated rings. The minimum atomic E-state index is -3.77. The molecule has 0 aliphatic carbocycles. The SMILES string of the molecule is COc1ccc(S(=O)(=O)N(C)C(C)CN)c(C)c1F. The van der Waals surface area contributed by atoms with Crippen LogP contribution in [0.15, 0.2) is 17.0 Å². The van der Waals surface area contributed by atoms with E-state index in [0.29, 0.717) is 0 Å². The average molecular weight is 290 g/mol. The van der Waals surface area contributed by atoms with Crippen molar-refractivity contribution in [3.8, 4) is 5.75 Å². The maximum Gasteiger partial charge on any atom is 0.243 e. The molecule has 0 aliphatic rings. The fourth-order valence-corrected chi connectivity index (χ4v) is 3.21. The van der Waals surface area contributed by atoms with Gasteiger partial charge >= 0.3 is 0 Å². The van der Waals surface area contributed by atoms with Gasteiger partial charge in [-0.2, -0.15) is 4.31 Å². The van der Waals surface area contributed by atoms with E-state index in [9.17, 15) is 12.8 Å². The molecule has 1 aromatic carbocycles. The van der Waals surface area contributed by atoms with Crippen LogP contribution in [0.3, 0.4) is 0 Å². The number of likely N-dealkylation sites (N-methyl/N-ethyl adjacent to an activating group) is 1. The van der Waals surface area contributed by atoms with Crippen molar-refractivity contribution in [2.24, 2.45) is 5.73 Å². The summed E-state index contributed by atoms with van der Waals surface area (Å²) in [5.41, 5.74) is 5.50. The van der Waals surface area contributed by atoms with E-state index >= 15 is 0 Å². The zero-order valence-corrected chi connectivity index (χ0v) is 12.3. The summed E-state index contributed by atoms with van der Waals surface area (Å²) in [7, 11) is -1.02. The number of rotatable bonds is 5. The highest BCUT2D eigenvalue weighted by atomic mass is 32.2. The molecule has 0 amide bonds. The third kappa shape index (κ3) is 2.88.